The average molecular weight is 293 g/mol. The predicted octanol–water partition coefficient (Wildman–Crippen LogP) is 4.20. The highest BCUT2D eigenvalue weighted by Gasteiger charge is 2.43. The Morgan fingerprint density at radius 1 is 0.952 bits per heavy atom. The van der Waals surface area contributed by atoms with Gasteiger partial charge in [0.2, 0.25) is 0 Å². The van der Waals surface area contributed by atoms with Crippen LogP contribution in [0.4, 0.5) is 0 Å². The van der Waals surface area contributed by atoms with Crippen LogP contribution in [0.3, 0.4) is 0 Å². The molecule has 2 nitrogen and oxygen atoms in total. The van der Waals surface area contributed by atoms with Gasteiger partial charge < -0.3 is 5.32 Å². The molecule has 1 saturated carbocycles. The molecule has 0 aromatic heterocycles. The van der Waals surface area contributed by atoms with Crippen molar-refractivity contribution in [2.75, 3.05) is 6.54 Å². The quantitative estimate of drug-likeness (QED) is 0.835. The van der Waals surface area contributed by atoms with E-state index in [4.69, 9.17) is 0 Å². The minimum absolute atomic E-state index is 0.800. The van der Waals surface area contributed by atoms with Gasteiger partial charge in [-0.15, -0.1) is 0 Å². The van der Waals surface area contributed by atoms with E-state index in [-0.39, 0.29) is 0 Å². The van der Waals surface area contributed by atoms with Gasteiger partial charge in [0.05, 0.1) is 0 Å². The van der Waals surface area contributed by atoms with Crippen LogP contribution >= 0.6 is 0 Å². The summed E-state index contributed by atoms with van der Waals surface area (Å²) >= 11 is 0. The fraction of sp³-hybridized carbons (Fsp3) is 1.00. The van der Waals surface area contributed by atoms with E-state index < -0.39 is 0 Å². The standard InChI is InChI=1S/C19H36N2/c1-4-10-20-16-12-17-6-5-7-18(13-16)21(17)19-9-8-14(2)11-15(19)3/h14-20H,4-13H2,1-3H3. The summed E-state index contributed by atoms with van der Waals surface area (Å²) in [7, 11) is 0. The van der Waals surface area contributed by atoms with Crippen molar-refractivity contribution < 1.29 is 0 Å². The second-order valence-corrected chi connectivity index (χ2v) is 8.27. The molecular formula is C19H36N2. The van der Waals surface area contributed by atoms with Gasteiger partial charge in [-0.3, -0.25) is 4.90 Å². The van der Waals surface area contributed by atoms with Crippen molar-refractivity contribution in [2.45, 2.75) is 103 Å². The Balaban J connectivity index is 1.66. The van der Waals surface area contributed by atoms with Crippen molar-refractivity contribution in [1.29, 1.82) is 0 Å². The molecule has 0 aromatic rings. The molecule has 2 aliphatic heterocycles. The minimum atomic E-state index is 0.800. The largest absolute Gasteiger partial charge is 0.314 e. The highest BCUT2D eigenvalue weighted by molar-refractivity contribution is 4.99. The van der Waals surface area contributed by atoms with Crippen LogP contribution in [0.5, 0.6) is 0 Å². The Labute approximate surface area is 132 Å². The Kier molecular flexibility index (Phi) is 5.27. The van der Waals surface area contributed by atoms with Gasteiger partial charge in [0.15, 0.2) is 0 Å². The fourth-order valence-electron chi connectivity index (χ4n) is 5.57. The molecule has 5 unspecified atom stereocenters. The Hall–Kier alpha value is -0.0800. The second kappa shape index (κ2) is 7.00. The van der Waals surface area contributed by atoms with E-state index >= 15 is 0 Å². The molecule has 2 saturated heterocycles. The smallest absolute Gasteiger partial charge is 0.0127 e. The number of piperidine rings is 2. The molecule has 0 spiro atoms. The lowest BCUT2D eigenvalue weighted by molar-refractivity contribution is -0.0440. The molecule has 3 aliphatic rings. The Morgan fingerprint density at radius 2 is 1.67 bits per heavy atom. The number of hydrogen-bond acceptors (Lipinski definition) is 2. The zero-order valence-corrected chi connectivity index (χ0v) is 14.5. The normalized spacial score (nSPS) is 44.7. The molecule has 0 amide bonds. The molecule has 2 bridgehead atoms. The average Bonchev–Trinajstić information content (AvgIpc) is 2.44. The second-order valence-electron chi connectivity index (χ2n) is 8.27. The molecule has 2 heteroatoms. The number of fused-ring (bicyclic) bond motifs is 2. The lowest BCUT2D eigenvalue weighted by atomic mass is 9.74. The monoisotopic (exact) mass is 292 g/mol. The third-order valence-corrected chi connectivity index (χ3v) is 6.48. The van der Waals surface area contributed by atoms with Crippen molar-refractivity contribution in [1.82, 2.24) is 10.2 Å². The first-order valence-corrected chi connectivity index (χ1v) is 9.69. The molecule has 0 radical (unpaired) electrons. The highest BCUT2D eigenvalue weighted by atomic mass is 15.2. The van der Waals surface area contributed by atoms with Crippen LogP contribution in [0.25, 0.3) is 0 Å². The van der Waals surface area contributed by atoms with Gasteiger partial charge >= 0.3 is 0 Å². The van der Waals surface area contributed by atoms with Gasteiger partial charge in [0.1, 0.15) is 0 Å². The van der Waals surface area contributed by atoms with Gasteiger partial charge in [-0.1, -0.05) is 27.2 Å². The number of nitrogens with zero attached hydrogens (tertiary/aromatic N) is 1. The maximum absolute atomic E-state index is 3.81. The van der Waals surface area contributed by atoms with Crippen molar-refractivity contribution in [3.8, 4) is 0 Å². The van der Waals surface area contributed by atoms with E-state index in [1.165, 1.54) is 64.3 Å². The number of rotatable bonds is 4. The van der Waals surface area contributed by atoms with Crippen LogP contribution in [0, 0.1) is 11.8 Å². The number of hydrogen-bond donors (Lipinski definition) is 1. The van der Waals surface area contributed by atoms with Gasteiger partial charge in [0.25, 0.3) is 0 Å². The molecule has 21 heavy (non-hydrogen) atoms. The summed E-state index contributed by atoms with van der Waals surface area (Å²) in [5, 5.41) is 3.81. The van der Waals surface area contributed by atoms with E-state index in [9.17, 15) is 0 Å². The lowest BCUT2D eigenvalue weighted by Crippen LogP contribution is -2.61. The Morgan fingerprint density at radius 3 is 2.29 bits per heavy atom. The van der Waals surface area contributed by atoms with Crippen LogP contribution in [-0.4, -0.2) is 35.6 Å². The summed E-state index contributed by atoms with van der Waals surface area (Å²) in [4.78, 5) is 3.02. The summed E-state index contributed by atoms with van der Waals surface area (Å²) in [6.07, 6.45) is 12.9. The van der Waals surface area contributed by atoms with Crippen molar-refractivity contribution in [3.63, 3.8) is 0 Å². The topological polar surface area (TPSA) is 15.3 Å². The molecule has 1 aliphatic carbocycles. The summed E-state index contributed by atoms with van der Waals surface area (Å²) < 4.78 is 0. The maximum Gasteiger partial charge on any atom is 0.0127 e. The first-order chi connectivity index (χ1) is 10.2. The molecule has 0 aromatic carbocycles. The summed E-state index contributed by atoms with van der Waals surface area (Å²) in [5.74, 6) is 1.87. The molecule has 3 fully saturated rings. The van der Waals surface area contributed by atoms with Crippen LogP contribution in [-0.2, 0) is 0 Å². The van der Waals surface area contributed by atoms with Crippen LogP contribution in [0.2, 0.25) is 0 Å². The predicted molar refractivity (Wildman–Crippen MR) is 90.5 cm³/mol. The molecular weight excluding hydrogens is 256 g/mol. The van der Waals surface area contributed by atoms with Crippen molar-refractivity contribution in [3.05, 3.63) is 0 Å². The maximum atomic E-state index is 3.81. The third kappa shape index (κ3) is 3.47. The fourth-order valence-corrected chi connectivity index (χ4v) is 5.57. The van der Waals surface area contributed by atoms with Crippen LogP contribution in [0.15, 0.2) is 0 Å². The van der Waals surface area contributed by atoms with E-state index in [0.717, 1.165) is 36.0 Å². The number of nitrogens with one attached hydrogen (secondary N) is 1. The van der Waals surface area contributed by atoms with Crippen molar-refractivity contribution >= 4 is 0 Å². The molecule has 1 N–H and O–H groups in total. The summed E-state index contributed by atoms with van der Waals surface area (Å²) in [6, 6.07) is 3.46. The SMILES string of the molecule is CCCNC1CC2CCCC(C1)N2C1CCC(C)CC1C. The van der Waals surface area contributed by atoms with E-state index in [2.05, 4.69) is 31.0 Å². The van der Waals surface area contributed by atoms with E-state index in [1.807, 2.05) is 0 Å². The lowest BCUT2D eigenvalue weighted by Gasteiger charge is -2.55. The van der Waals surface area contributed by atoms with E-state index in [1.54, 1.807) is 0 Å². The van der Waals surface area contributed by atoms with Gasteiger partial charge in [-0.25, -0.2) is 0 Å². The zero-order valence-electron chi connectivity index (χ0n) is 14.5. The zero-order chi connectivity index (χ0) is 14.8. The van der Waals surface area contributed by atoms with Gasteiger partial charge in [-0.2, -0.15) is 0 Å². The van der Waals surface area contributed by atoms with Gasteiger partial charge in [0, 0.05) is 24.2 Å². The third-order valence-electron chi connectivity index (χ3n) is 6.48. The Bertz CT molecular complexity index is 316. The van der Waals surface area contributed by atoms with E-state index in [0.29, 0.717) is 0 Å². The molecule has 122 valence electrons. The van der Waals surface area contributed by atoms with Crippen LogP contribution in [0.1, 0.15) is 78.6 Å². The molecule has 3 rings (SSSR count). The first-order valence-electron chi connectivity index (χ1n) is 9.69. The van der Waals surface area contributed by atoms with Crippen LogP contribution < -0.4 is 5.32 Å². The molecule has 5 atom stereocenters. The summed E-state index contributed by atoms with van der Waals surface area (Å²) in [6.45, 7) is 8.47. The first kappa shape index (κ1) is 15.8. The highest BCUT2D eigenvalue weighted by Crippen LogP contribution is 2.41. The minimum Gasteiger partial charge on any atom is -0.314 e. The van der Waals surface area contributed by atoms with Crippen molar-refractivity contribution in [2.24, 2.45) is 11.8 Å². The van der Waals surface area contributed by atoms with Gasteiger partial charge in [-0.05, 0) is 69.7 Å². The molecule has 2 heterocycles. The summed E-state index contributed by atoms with van der Waals surface area (Å²) in [5.41, 5.74) is 0.